The van der Waals surface area contributed by atoms with Gasteiger partial charge in [0.1, 0.15) is 11.2 Å². The van der Waals surface area contributed by atoms with Crippen molar-refractivity contribution in [2.45, 2.75) is 0 Å². The molecule has 0 saturated heterocycles. The van der Waals surface area contributed by atoms with Crippen LogP contribution in [0.25, 0.3) is 94.5 Å². The molecule has 250 valence electrons. The molecule has 0 spiro atoms. The quantitative estimate of drug-likeness (QED) is 0.179. The molecule has 3 aromatic heterocycles. The van der Waals surface area contributed by atoms with Gasteiger partial charge >= 0.3 is 0 Å². The molecule has 10 aromatic rings. The highest BCUT2D eigenvalue weighted by atomic mass is 16.3. The fraction of sp³-hybridized carbons (Fsp3) is 0. The molecule has 0 bridgehead atoms. The summed E-state index contributed by atoms with van der Waals surface area (Å²) in [6, 6.07) is 59.3. The summed E-state index contributed by atoms with van der Waals surface area (Å²) in [5.74, 6) is 0.665. The Morgan fingerprint density at radius 2 is 1.00 bits per heavy atom. The predicted molar refractivity (Wildman–Crippen MR) is 215 cm³/mol. The number of para-hydroxylation sites is 1. The fourth-order valence-electron chi connectivity index (χ4n) is 7.49. The van der Waals surface area contributed by atoms with Crippen LogP contribution in [0.4, 0.5) is 0 Å². The van der Waals surface area contributed by atoms with Gasteiger partial charge < -0.3 is 8.98 Å². The Kier molecular flexibility index (Phi) is 7.15. The average Bonchev–Trinajstić information content (AvgIpc) is 3.78. The Balaban J connectivity index is 1.13. The molecule has 6 heteroatoms. The van der Waals surface area contributed by atoms with Crippen LogP contribution in [0.1, 0.15) is 11.1 Å². The molecule has 0 unspecified atom stereocenters. The molecule has 0 N–H and O–H groups in total. The van der Waals surface area contributed by atoms with Crippen molar-refractivity contribution in [1.29, 1.82) is 10.5 Å². The van der Waals surface area contributed by atoms with E-state index in [1.807, 2.05) is 66.7 Å². The van der Waals surface area contributed by atoms with E-state index >= 15 is 0 Å². The van der Waals surface area contributed by atoms with E-state index in [1.54, 1.807) is 6.07 Å². The van der Waals surface area contributed by atoms with E-state index in [4.69, 9.17) is 14.4 Å². The van der Waals surface area contributed by atoms with Gasteiger partial charge in [0.25, 0.3) is 0 Å². The molecule has 0 saturated carbocycles. The molecular formula is C48H27N5O. The van der Waals surface area contributed by atoms with Crippen molar-refractivity contribution in [2.75, 3.05) is 0 Å². The van der Waals surface area contributed by atoms with Gasteiger partial charge in [0.15, 0.2) is 5.82 Å². The molecule has 0 aliphatic carbocycles. The second kappa shape index (κ2) is 12.5. The van der Waals surface area contributed by atoms with Crippen LogP contribution in [0, 0.1) is 22.7 Å². The van der Waals surface area contributed by atoms with Gasteiger partial charge in [0.2, 0.25) is 0 Å². The lowest BCUT2D eigenvalue weighted by Gasteiger charge is -2.10. The van der Waals surface area contributed by atoms with Crippen LogP contribution >= 0.6 is 0 Å². The standard InChI is InChI=1S/C48H27N5O/c49-28-30-21-31(29-50)23-36(22-30)34-16-19-46-40(24-34)41-26-37(17-20-47(41)54-46)53-44-14-8-7-13-38(44)39-25-35(15-18-45(39)53)48-51-42(32-9-3-1-4-10-32)27-43(52-48)33-11-5-2-6-12-33/h1-27H. The number of fused-ring (bicyclic) bond motifs is 6. The van der Waals surface area contributed by atoms with Crippen LogP contribution in [0.15, 0.2) is 168 Å². The van der Waals surface area contributed by atoms with Crippen LogP contribution in [-0.4, -0.2) is 14.5 Å². The average molecular weight is 690 g/mol. The fourth-order valence-corrected chi connectivity index (χ4v) is 7.49. The lowest BCUT2D eigenvalue weighted by molar-refractivity contribution is 0.669. The first kappa shape index (κ1) is 31.0. The van der Waals surface area contributed by atoms with Gasteiger partial charge in [-0.1, -0.05) is 84.9 Å². The molecule has 0 amide bonds. The van der Waals surface area contributed by atoms with Crippen molar-refractivity contribution in [3.05, 3.63) is 175 Å². The minimum atomic E-state index is 0.449. The molecular weight excluding hydrogens is 663 g/mol. The zero-order valence-corrected chi connectivity index (χ0v) is 28.7. The molecule has 10 rings (SSSR count). The van der Waals surface area contributed by atoms with Gasteiger partial charge in [0.05, 0.1) is 45.7 Å². The number of hydrogen-bond acceptors (Lipinski definition) is 5. The van der Waals surface area contributed by atoms with Gasteiger partial charge in [-0.2, -0.15) is 10.5 Å². The zero-order chi connectivity index (χ0) is 36.2. The van der Waals surface area contributed by atoms with E-state index in [1.165, 1.54) is 0 Å². The van der Waals surface area contributed by atoms with E-state index in [2.05, 4.69) is 108 Å². The van der Waals surface area contributed by atoms with Crippen LogP contribution in [-0.2, 0) is 0 Å². The van der Waals surface area contributed by atoms with Crippen molar-refractivity contribution in [3.8, 4) is 62.9 Å². The van der Waals surface area contributed by atoms with E-state index in [0.717, 1.165) is 88.6 Å². The van der Waals surface area contributed by atoms with Crippen molar-refractivity contribution in [2.24, 2.45) is 0 Å². The highest BCUT2D eigenvalue weighted by Crippen LogP contribution is 2.38. The Labute approximate surface area is 310 Å². The molecule has 7 aromatic carbocycles. The minimum Gasteiger partial charge on any atom is -0.456 e. The third-order valence-corrected chi connectivity index (χ3v) is 10.0. The van der Waals surface area contributed by atoms with Gasteiger partial charge in [0, 0.05) is 43.9 Å². The smallest absolute Gasteiger partial charge is 0.160 e. The maximum atomic E-state index is 9.58. The molecule has 0 atom stereocenters. The first-order valence-corrected chi connectivity index (χ1v) is 17.6. The van der Waals surface area contributed by atoms with Crippen LogP contribution in [0.3, 0.4) is 0 Å². The second-order valence-electron chi connectivity index (χ2n) is 13.3. The van der Waals surface area contributed by atoms with Gasteiger partial charge in [-0.15, -0.1) is 0 Å². The number of aromatic nitrogens is 3. The zero-order valence-electron chi connectivity index (χ0n) is 28.7. The normalized spacial score (nSPS) is 11.3. The summed E-state index contributed by atoms with van der Waals surface area (Å²) < 4.78 is 8.59. The number of hydrogen-bond donors (Lipinski definition) is 0. The molecule has 6 nitrogen and oxygen atoms in total. The van der Waals surface area contributed by atoms with Crippen LogP contribution in [0.5, 0.6) is 0 Å². The SMILES string of the molecule is N#Cc1cc(C#N)cc(-c2ccc3oc4ccc(-n5c6ccccc6c6cc(-c7nc(-c8ccccc8)cc(-c8ccccc8)n7)ccc65)cc4c3c2)c1. The number of nitrogens with zero attached hydrogens (tertiary/aromatic N) is 5. The summed E-state index contributed by atoms with van der Waals surface area (Å²) in [7, 11) is 0. The Hall–Kier alpha value is -7.80. The molecule has 0 aliphatic heterocycles. The lowest BCUT2D eigenvalue weighted by Crippen LogP contribution is -1.96. The summed E-state index contributed by atoms with van der Waals surface area (Å²) >= 11 is 0. The van der Waals surface area contributed by atoms with Gasteiger partial charge in [-0.3, -0.25) is 0 Å². The maximum absolute atomic E-state index is 9.58. The highest BCUT2D eigenvalue weighted by molar-refractivity contribution is 6.11. The third kappa shape index (κ3) is 5.18. The summed E-state index contributed by atoms with van der Waals surface area (Å²) in [5, 5.41) is 23.3. The molecule has 54 heavy (non-hydrogen) atoms. The van der Waals surface area contributed by atoms with Crippen molar-refractivity contribution >= 4 is 43.7 Å². The predicted octanol–water partition coefficient (Wildman–Crippen LogP) is 11.9. The van der Waals surface area contributed by atoms with E-state index in [-0.39, 0.29) is 0 Å². The second-order valence-corrected chi connectivity index (χ2v) is 13.3. The highest BCUT2D eigenvalue weighted by Gasteiger charge is 2.18. The molecule has 0 fully saturated rings. The van der Waals surface area contributed by atoms with E-state index < -0.39 is 0 Å². The van der Waals surface area contributed by atoms with Crippen LogP contribution < -0.4 is 0 Å². The van der Waals surface area contributed by atoms with Gasteiger partial charge in [-0.05, 0) is 90.0 Å². The summed E-state index contributed by atoms with van der Waals surface area (Å²) in [4.78, 5) is 10.2. The van der Waals surface area contributed by atoms with Crippen molar-refractivity contribution < 1.29 is 4.42 Å². The first-order valence-electron chi connectivity index (χ1n) is 17.6. The van der Waals surface area contributed by atoms with Crippen LogP contribution in [0.2, 0.25) is 0 Å². The molecule has 0 aliphatic rings. The number of rotatable bonds is 5. The van der Waals surface area contributed by atoms with Crippen molar-refractivity contribution in [3.63, 3.8) is 0 Å². The Bertz CT molecular complexity index is 3090. The number of benzene rings is 7. The third-order valence-electron chi connectivity index (χ3n) is 10.0. The first-order chi connectivity index (χ1) is 26.6. The summed E-state index contributed by atoms with van der Waals surface area (Å²) in [6.07, 6.45) is 0. The number of nitriles is 2. The molecule has 0 radical (unpaired) electrons. The summed E-state index contributed by atoms with van der Waals surface area (Å²) in [6.45, 7) is 0. The van der Waals surface area contributed by atoms with E-state index in [9.17, 15) is 10.5 Å². The van der Waals surface area contributed by atoms with Crippen molar-refractivity contribution in [1.82, 2.24) is 14.5 Å². The molecule has 3 heterocycles. The Morgan fingerprint density at radius 1 is 0.426 bits per heavy atom. The largest absolute Gasteiger partial charge is 0.456 e. The topological polar surface area (TPSA) is 91.4 Å². The maximum Gasteiger partial charge on any atom is 0.160 e. The lowest BCUT2D eigenvalue weighted by atomic mass is 9.99. The Morgan fingerprint density at radius 3 is 1.69 bits per heavy atom. The monoisotopic (exact) mass is 689 g/mol. The van der Waals surface area contributed by atoms with Gasteiger partial charge in [-0.25, -0.2) is 9.97 Å². The number of furan rings is 1. The minimum absolute atomic E-state index is 0.449. The van der Waals surface area contributed by atoms with E-state index in [0.29, 0.717) is 17.0 Å². The summed E-state index contributed by atoms with van der Waals surface area (Å²) in [5.41, 5.74) is 12.0.